The fourth-order valence-electron chi connectivity index (χ4n) is 1.63. The molecular weight excluding hydrogens is 184 g/mol. The summed E-state index contributed by atoms with van der Waals surface area (Å²) in [6.45, 7) is 3.00. The van der Waals surface area contributed by atoms with Crippen LogP contribution in [0.2, 0.25) is 0 Å². The van der Waals surface area contributed by atoms with E-state index >= 15 is 0 Å². The zero-order valence-electron chi connectivity index (χ0n) is 8.32. The third-order valence-corrected chi connectivity index (χ3v) is 2.29. The minimum absolute atomic E-state index is 0.0829. The maximum absolute atomic E-state index is 11.7. The summed E-state index contributed by atoms with van der Waals surface area (Å²) in [5, 5.41) is 11.7. The molecule has 5 heteroatoms. The zero-order valence-corrected chi connectivity index (χ0v) is 8.32. The molecule has 0 aromatic heterocycles. The van der Waals surface area contributed by atoms with Gasteiger partial charge in [0, 0.05) is 13.1 Å². The topological polar surface area (TPSA) is 69.6 Å². The van der Waals surface area contributed by atoms with Crippen molar-refractivity contribution >= 4 is 11.9 Å². The Morgan fingerprint density at radius 2 is 2.43 bits per heavy atom. The van der Waals surface area contributed by atoms with Gasteiger partial charge in [0.2, 0.25) is 5.91 Å². The molecule has 0 radical (unpaired) electrons. The Bertz CT molecular complexity index is 228. The molecule has 1 fully saturated rings. The Kier molecular flexibility index (Phi) is 3.88. The number of carboxylic acid groups (broad SMARTS) is 1. The molecule has 1 aliphatic heterocycles. The van der Waals surface area contributed by atoms with Gasteiger partial charge in [0.1, 0.15) is 6.54 Å². The SMILES string of the molecule is CCCC1NCCN(CC(=O)O)C1=O. The normalized spacial score (nSPS) is 22.5. The van der Waals surface area contributed by atoms with Crippen molar-refractivity contribution < 1.29 is 14.7 Å². The van der Waals surface area contributed by atoms with E-state index in [1.54, 1.807) is 0 Å². The number of nitrogens with one attached hydrogen (secondary N) is 1. The third kappa shape index (κ3) is 2.70. The predicted molar refractivity (Wildman–Crippen MR) is 50.9 cm³/mol. The molecule has 1 unspecified atom stereocenters. The van der Waals surface area contributed by atoms with Crippen LogP contribution in [-0.2, 0) is 9.59 Å². The van der Waals surface area contributed by atoms with Crippen LogP contribution < -0.4 is 5.32 Å². The number of hydrogen-bond acceptors (Lipinski definition) is 3. The molecule has 0 aliphatic carbocycles. The zero-order chi connectivity index (χ0) is 10.6. The van der Waals surface area contributed by atoms with Crippen LogP contribution in [0.1, 0.15) is 19.8 Å². The van der Waals surface area contributed by atoms with Gasteiger partial charge in [-0.15, -0.1) is 0 Å². The Balaban J connectivity index is 2.52. The molecule has 0 saturated carbocycles. The van der Waals surface area contributed by atoms with Crippen LogP contribution in [0.3, 0.4) is 0 Å². The second-order valence-corrected chi connectivity index (χ2v) is 3.45. The molecule has 80 valence electrons. The van der Waals surface area contributed by atoms with Crippen LogP contribution in [0.15, 0.2) is 0 Å². The molecule has 0 spiro atoms. The molecule has 0 aromatic carbocycles. The Morgan fingerprint density at radius 1 is 1.71 bits per heavy atom. The Hall–Kier alpha value is -1.10. The lowest BCUT2D eigenvalue weighted by atomic mass is 10.1. The smallest absolute Gasteiger partial charge is 0.323 e. The van der Waals surface area contributed by atoms with Crippen molar-refractivity contribution in [2.45, 2.75) is 25.8 Å². The number of nitrogens with zero attached hydrogens (tertiary/aromatic N) is 1. The molecule has 5 nitrogen and oxygen atoms in total. The van der Waals surface area contributed by atoms with Crippen molar-refractivity contribution in [1.29, 1.82) is 0 Å². The lowest BCUT2D eigenvalue weighted by molar-refractivity contribution is -0.146. The van der Waals surface area contributed by atoms with Gasteiger partial charge in [0.05, 0.1) is 6.04 Å². The van der Waals surface area contributed by atoms with E-state index in [2.05, 4.69) is 5.32 Å². The summed E-state index contributed by atoms with van der Waals surface area (Å²) in [7, 11) is 0. The van der Waals surface area contributed by atoms with Crippen LogP contribution in [0.25, 0.3) is 0 Å². The van der Waals surface area contributed by atoms with Gasteiger partial charge < -0.3 is 15.3 Å². The fourth-order valence-corrected chi connectivity index (χ4v) is 1.63. The number of aliphatic carboxylic acids is 1. The van der Waals surface area contributed by atoms with Gasteiger partial charge in [0.25, 0.3) is 0 Å². The van der Waals surface area contributed by atoms with E-state index in [1.165, 1.54) is 4.90 Å². The maximum atomic E-state index is 11.7. The maximum Gasteiger partial charge on any atom is 0.323 e. The molecule has 1 heterocycles. The van der Waals surface area contributed by atoms with Crippen molar-refractivity contribution in [1.82, 2.24) is 10.2 Å². The number of carbonyl (C=O) groups excluding carboxylic acids is 1. The molecule has 2 N–H and O–H groups in total. The monoisotopic (exact) mass is 200 g/mol. The number of carbonyl (C=O) groups is 2. The van der Waals surface area contributed by atoms with Crippen LogP contribution in [0.4, 0.5) is 0 Å². The lowest BCUT2D eigenvalue weighted by Crippen LogP contribution is -2.56. The van der Waals surface area contributed by atoms with Crippen LogP contribution in [-0.4, -0.2) is 47.6 Å². The first kappa shape index (κ1) is 11.0. The minimum atomic E-state index is -0.949. The fraction of sp³-hybridized carbons (Fsp3) is 0.778. The molecule has 0 aromatic rings. The van der Waals surface area contributed by atoms with Gasteiger partial charge in [-0.05, 0) is 6.42 Å². The van der Waals surface area contributed by atoms with Crippen molar-refractivity contribution in [3.8, 4) is 0 Å². The highest BCUT2D eigenvalue weighted by Crippen LogP contribution is 2.06. The molecule has 1 amide bonds. The number of piperazine rings is 1. The summed E-state index contributed by atoms with van der Waals surface area (Å²) >= 11 is 0. The quantitative estimate of drug-likeness (QED) is 0.652. The molecule has 1 rings (SSSR count). The highest BCUT2D eigenvalue weighted by atomic mass is 16.4. The highest BCUT2D eigenvalue weighted by molar-refractivity contribution is 5.86. The second kappa shape index (κ2) is 4.95. The van der Waals surface area contributed by atoms with E-state index in [9.17, 15) is 9.59 Å². The second-order valence-electron chi connectivity index (χ2n) is 3.45. The summed E-state index contributed by atoms with van der Waals surface area (Å²) < 4.78 is 0. The molecule has 0 bridgehead atoms. The summed E-state index contributed by atoms with van der Waals surface area (Å²) in [6.07, 6.45) is 1.69. The molecule has 1 atom stereocenters. The van der Waals surface area contributed by atoms with Gasteiger partial charge in [0.15, 0.2) is 0 Å². The Labute approximate surface area is 83.1 Å². The number of hydrogen-bond donors (Lipinski definition) is 2. The molecule has 14 heavy (non-hydrogen) atoms. The molecule has 1 aliphatic rings. The number of carboxylic acids is 1. The van der Waals surface area contributed by atoms with Crippen molar-refractivity contribution in [3.63, 3.8) is 0 Å². The van der Waals surface area contributed by atoms with Gasteiger partial charge in [-0.25, -0.2) is 0 Å². The van der Waals surface area contributed by atoms with E-state index in [4.69, 9.17) is 5.11 Å². The van der Waals surface area contributed by atoms with Gasteiger partial charge in [-0.2, -0.15) is 0 Å². The van der Waals surface area contributed by atoms with E-state index in [-0.39, 0.29) is 18.5 Å². The van der Waals surface area contributed by atoms with Gasteiger partial charge in [-0.1, -0.05) is 13.3 Å². The lowest BCUT2D eigenvalue weighted by Gasteiger charge is -2.31. The van der Waals surface area contributed by atoms with Gasteiger partial charge in [-0.3, -0.25) is 9.59 Å². The first-order valence-corrected chi connectivity index (χ1v) is 4.89. The third-order valence-electron chi connectivity index (χ3n) is 2.29. The standard InChI is InChI=1S/C9H16N2O3/c1-2-3-7-9(14)11(5-4-10-7)6-8(12)13/h7,10H,2-6H2,1H3,(H,12,13). The summed E-state index contributed by atoms with van der Waals surface area (Å²) in [6, 6.07) is -0.187. The average Bonchev–Trinajstić information content (AvgIpc) is 2.11. The van der Waals surface area contributed by atoms with Crippen LogP contribution >= 0.6 is 0 Å². The van der Waals surface area contributed by atoms with Crippen LogP contribution in [0, 0.1) is 0 Å². The minimum Gasteiger partial charge on any atom is -0.480 e. The predicted octanol–water partition coefficient (Wildman–Crippen LogP) is -0.328. The van der Waals surface area contributed by atoms with Crippen molar-refractivity contribution in [3.05, 3.63) is 0 Å². The first-order chi connectivity index (χ1) is 6.65. The van der Waals surface area contributed by atoms with Gasteiger partial charge >= 0.3 is 5.97 Å². The highest BCUT2D eigenvalue weighted by Gasteiger charge is 2.28. The van der Waals surface area contributed by atoms with Crippen molar-refractivity contribution in [2.24, 2.45) is 0 Å². The Morgan fingerprint density at radius 3 is 3.00 bits per heavy atom. The number of amides is 1. The van der Waals surface area contributed by atoms with E-state index in [0.717, 1.165) is 12.8 Å². The first-order valence-electron chi connectivity index (χ1n) is 4.89. The van der Waals surface area contributed by atoms with E-state index in [1.807, 2.05) is 6.92 Å². The molecular formula is C9H16N2O3. The van der Waals surface area contributed by atoms with Crippen molar-refractivity contribution in [2.75, 3.05) is 19.6 Å². The average molecular weight is 200 g/mol. The summed E-state index contributed by atoms with van der Waals surface area (Å²) in [4.78, 5) is 23.5. The van der Waals surface area contributed by atoms with E-state index in [0.29, 0.717) is 13.1 Å². The molecule has 1 saturated heterocycles. The largest absolute Gasteiger partial charge is 0.480 e. The summed E-state index contributed by atoms with van der Waals surface area (Å²) in [5.41, 5.74) is 0. The van der Waals surface area contributed by atoms with Crippen LogP contribution in [0.5, 0.6) is 0 Å². The van der Waals surface area contributed by atoms with E-state index < -0.39 is 5.97 Å². The number of rotatable bonds is 4. The summed E-state index contributed by atoms with van der Waals surface area (Å²) in [5.74, 6) is -1.03.